The van der Waals surface area contributed by atoms with E-state index in [0.717, 1.165) is 35.0 Å². The highest BCUT2D eigenvalue weighted by molar-refractivity contribution is 5.98. The third kappa shape index (κ3) is 4.69. The number of hydrogen-bond acceptors (Lipinski definition) is 2. The summed E-state index contributed by atoms with van der Waals surface area (Å²) in [4.78, 5) is 25.2. The van der Waals surface area contributed by atoms with Crippen LogP contribution in [0.3, 0.4) is 0 Å². The molecule has 3 aromatic carbocycles. The summed E-state index contributed by atoms with van der Waals surface area (Å²) in [5.74, 6) is 0.922. The second kappa shape index (κ2) is 9.15. The van der Waals surface area contributed by atoms with Crippen LogP contribution in [-0.4, -0.2) is 18.4 Å². The van der Waals surface area contributed by atoms with Gasteiger partial charge in [-0.25, -0.2) is 0 Å². The number of fused-ring (bicyclic) bond motifs is 1. The first-order chi connectivity index (χ1) is 15.7. The standard InChI is InChI=1S/C28H30N2O2/c31-27(29-18-19-6-2-1-3-7-19)22-12-10-21(11-13-22)25-17-26(25)28(32)30-24-15-14-20-8-4-5-9-23(20)16-24/h4-5,8-16,19,25-26H,1-3,6-7,17-18H2,(H,29,31)(H,30,32)/t25-,26+/m0/s1. The number of amides is 2. The van der Waals surface area contributed by atoms with Gasteiger partial charge in [0.2, 0.25) is 5.91 Å². The van der Waals surface area contributed by atoms with Crippen LogP contribution in [0.15, 0.2) is 66.7 Å². The van der Waals surface area contributed by atoms with Crippen LogP contribution in [0.2, 0.25) is 0 Å². The Labute approximate surface area is 189 Å². The van der Waals surface area contributed by atoms with Crippen molar-refractivity contribution in [3.63, 3.8) is 0 Å². The first-order valence-corrected chi connectivity index (χ1v) is 11.9. The van der Waals surface area contributed by atoms with Crippen LogP contribution in [0.1, 0.15) is 60.4 Å². The smallest absolute Gasteiger partial charge is 0.251 e. The van der Waals surface area contributed by atoms with Gasteiger partial charge in [-0.05, 0) is 71.7 Å². The summed E-state index contributed by atoms with van der Waals surface area (Å²) in [5, 5.41) is 8.45. The van der Waals surface area contributed by atoms with Gasteiger partial charge < -0.3 is 10.6 Å². The molecular formula is C28H30N2O2. The molecule has 5 rings (SSSR count). The fourth-order valence-corrected chi connectivity index (χ4v) is 4.97. The van der Waals surface area contributed by atoms with Gasteiger partial charge in [0, 0.05) is 23.7 Å². The van der Waals surface area contributed by atoms with Crippen molar-refractivity contribution < 1.29 is 9.59 Å². The Bertz CT molecular complexity index is 1120. The van der Waals surface area contributed by atoms with E-state index in [9.17, 15) is 9.59 Å². The van der Waals surface area contributed by atoms with Gasteiger partial charge in [0.25, 0.3) is 5.91 Å². The van der Waals surface area contributed by atoms with Crippen LogP contribution in [0.5, 0.6) is 0 Å². The SMILES string of the molecule is O=C(NCC1CCCCC1)c1ccc([C@@H]2C[C@H]2C(=O)Nc2ccc3ccccc3c2)cc1. The van der Waals surface area contributed by atoms with Crippen molar-refractivity contribution in [2.75, 3.05) is 11.9 Å². The second-order valence-corrected chi connectivity index (χ2v) is 9.34. The molecule has 4 nitrogen and oxygen atoms in total. The fraction of sp³-hybridized carbons (Fsp3) is 0.357. The second-order valence-electron chi connectivity index (χ2n) is 9.34. The molecule has 2 N–H and O–H groups in total. The van der Waals surface area contributed by atoms with Gasteiger partial charge in [-0.1, -0.05) is 61.7 Å². The molecule has 0 bridgehead atoms. The number of rotatable bonds is 6. The average molecular weight is 427 g/mol. The van der Waals surface area contributed by atoms with E-state index < -0.39 is 0 Å². The molecule has 32 heavy (non-hydrogen) atoms. The van der Waals surface area contributed by atoms with E-state index in [4.69, 9.17) is 0 Å². The molecule has 0 aliphatic heterocycles. The van der Waals surface area contributed by atoms with Crippen molar-refractivity contribution in [3.05, 3.63) is 77.9 Å². The molecule has 0 saturated heterocycles. The van der Waals surface area contributed by atoms with E-state index in [1.54, 1.807) is 0 Å². The summed E-state index contributed by atoms with van der Waals surface area (Å²) >= 11 is 0. The zero-order valence-electron chi connectivity index (χ0n) is 18.3. The Morgan fingerprint density at radius 1 is 0.844 bits per heavy atom. The third-order valence-corrected chi connectivity index (χ3v) is 7.02. The summed E-state index contributed by atoms with van der Waals surface area (Å²) < 4.78 is 0. The van der Waals surface area contributed by atoms with Gasteiger partial charge in [-0.15, -0.1) is 0 Å². The first-order valence-electron chi connectivity index (χ1n) is 11.9. The van der Waals surface area contributed by atoms with E-state index in [-0.39, 0.29) is 23.7 Å². The number of anilines is 1. The molecule has 2 aliphatic rings. The highest BCUT2D eigenvalue weighted by atomic mass is 16.2. The Kier molecular flexibility index (Phi) is 5.93. The Morgan fingerprint density at radius 2 is 1.59 bits per heavy atom. The molecule has 2 fully saturated rings. The lowest BCUT2D eigenvalue weighted by molar-refractivity contribution is -0.117. The predicted octanol–water partition coefficient (Wildman–Crippen LogP) is 5.89. The monoisotopic (exact) mass is 426 g/mol. The van der Waals surface area contributed by atoms with Crippen molar-refractivity contribution in [3.8, 4) is 0 Å². The van der Waals surface area contributed by atoms with Gasteiger partial charge in [0.1, 0.15) is 0 Å². The van der Waals surface area contributed by atoms with Gasteiger partial charge in [-0.3, -0.25) is 9.59 Å². The maximum Gasteiger partial charge on any atom is 0.251 e. The zero-order valence-corrected chi connectivity index (χ0v) is 18.3. The number of benzene rings is 3. The van der Waals surface area contributed by atoms with Crippen LogP contribution in [0, 0.1) is 11.8 Å². The van der Waals surface area contributed by atoms with Crippen molar-refractivity contribution in [2.24, 2.45) is 11.8 Å². The summed E-state index contributed by atoms with van der Waals surface area (Å²) in [7, 11) is 0. The lowest BCUT2D eigenvalue weighted by Crippen LogP contribution is -2.30. The van der Waals surface area contributed by atoms with Crippen LogP contribution in [-0.2, 0) is 4.79 Å². The maximum atomic E-state index is 12.7. The van der Waals surface area contributed by atoms with Crippen molar-refractivity contribution in [2.45, 2.75) is 44.4 Å². The highest BCUT2D eigenvalue weighted by Gasteiger charge is 2.43. The molecule has 0 unspecified atom stereocenters. The number of carbonyl (C=O) groups excluding carboxylic acids is 2. The zero-order chi connectivity index (χ0) is 21.9. The third-order valence-electron chi connectivity index (χ3n) is 7.02. The van der Waals surface area contributed by atoms with Crippen LogP contribution >= 0.6 is 0 Å². The minimum absolute atomic E-state index is 0.00326. The van der Waals surface area contributed by atoms with Gasteiger partial charge in [-0.2, -0.15) is 0 Å². The predicted molar refractivity (Wildman–Crippen MR) is 129 cm³/mol. The minimum atomic E-state index is -0.00699. The van der Waals surface area contributed by atoms with Crippen LogP contribution in [0.25, 0.3) is 10.8 Å². The lowest BCUT2D eigenvalue weighted by Gasteiger charge is -2.21. The maximum absolute atomic E-state index is 12.7. The summed E-state index contributed by atoms with van der Waals surface area (Å²) in [6, 6.07) is 21.9. The summed E-state index contributed by atoms with van der Waals surface area (Å²) in [5.41, 5.74) is 2.67. The van der Waals surface area contributed by atoms with Crippen LogP contribution < -0.4 is 10.6 Å². The van der Waals surface area contributed by atoms with Gasteiger partial charge >= 0.3 is 0 Å². The highest BCUT2D eigenvalue weighted by Crippen LogP contribution is 2.48. The lowest BCUT2D eigenvalue weighted by atomic mass is 9.89. The van der Waals surface area contributed by atoms with Crippen molar-refractivity contribution in [1.82, 2.24) is 5.32 Å². The van der Waals surface area contributed by atoms with Crippen LogP contribution in [0.4, 0.5) is 5.69 Å². The van der Waals surface area contributed by atoms with E-state index >= 15 is 0 Å². The summed E-state index contributed by atoms with van der Waals surface area (Å²) in [6.45, 7) is 0.778. The van der Waals surface area contributed by atoms with Gasteiger partial charge in [0.15, 0.2) is 0 Å². The Hall–Kier alpha value is -3.14. The number of nitrogens with one attached hydrogen (secondary N) is 2. The van der Waals surface area contributed by atoms with E-state index in [0.29, 0.717) is 11.5 Å². The fourth-order valence-electron chi connectivity index (χ4n) is 4.97. The number of hydrogen-bond donors (Lipinski definition) is 2. The molecular weight excluding hydrogens is 396 g/mol. The van der Waals surface area contributed by atoms with Gasteiger partial charge in [0.05, 0.1) is 0 Å². The van der Waals surface area contributed by atoms with Crippen molar-refractivity contribution >= 4 is 28.3 Å². The molecule has 3 aromatic rings. The molecule has 0 radical (unpaired) electrons. The Balaban J connectivity index is 1.14. The van der Waals surface area contributed by atoms with E-state index in [2.05, 4.69) is 22.8 Å². The molecule has 164 valence electrons. The largest absolute Gasteiger partial charge is 0.352 e. The molecule has 2 amide bonds. The van der Waals surface area contributed by atoms with Crippen molar-refractivity contribution in [1.29, 1.82) is 0 Å². The topological polar surface area (TPSA) is 58.2 Å². The van der Waals surface area contributed by atoms with E-state index in [1.807, 2.05) is 54.6 Å². The molecule has 2 aliphatic carbocycles. The first kappa shape index (κ1) is 20.7. The molecule has 0 heterocycles. The normalized spacial score (nSPS) is 20.6. The molecule has 2 saturated carbocycles. The molecule has 0 aromatic heterocycles. The molecule has 4 heteroatoms. The Morgan fingerprint density at radius 3 is 2.38 bits per heavy atom. The van der Waals surface area contributed by atoms with E-state index in [1.165, 1.54) is 32.1 Å². The quantitative estimate of drug-likeness (QED) is 0.516. The number of carbonyl (C=O) groups is 2. The molecule has 2 atom stereocenters. The average Bonchev–Trinajstić information content (AvgIpc) is 3.64. The summed E-state index contributed by atoms with van der Waals surface area (Å²) in [6.07, 6.45) is 7.20. The molecule has 0 spiro atoms. The minimum Gasteiger partial charge on any atom is -0.352 e.